The SMILES string of the molecule is O/N=C(\Cl)c1ccc(Cl)cn1. The van der Waals surface area contributed by atoms with Crippen LogP contribution in [0.2, 0.25) is 5.02 Å². The van der Waals surface area contributed by atoms with E-state index in [0.717, 1.165) is 0 Å². The third-order valence-electron chi connectivity index (χ3n) is 1.03. The van der Waals surface area contributed by atoms with Crippen LogP contribution in [0.5, 0.6) is 0 Å². The highest BCUT2D eigenvalue weighted by Gasteiger charge is 2.00. The summed E-state index contributed by atoms with van der Waals surface area (Å²) in [6.07, 6.45) is 1.42. The maximum Gasteiger partial charge on any atom is 0.193 e. The van der Waals surface area contributed by atoms with E-state index in [1.165, 1.54) is 6.20 Å². The minimum atomic E-state index is -0.0540. The summed E-state index contributed by atoms with van der Waals surface area (Å²) in [5, 5.41) is 11.5. The lowest BCUT2D eigenvalue weighted by molar-refractivity contribution is 0.320. The van der Waals surface area contributed by atoms with Crippen LogP contribution in [0.25, 0.3) is 0 Å². The molecule has 1 aromatic heterocycles. The van der Waals surface area contributed by atoms with E-state index in [0.29, 0.717) is 10.7 Å². The van der Waals surface area contributed by atoms with Gasteiger partial charge in [-0.25, -0.2) is 0 Å². The van der Waals surface area contributed by atoms with Gasteiger partial charge in [-0.15, -0.1) is 0 Å². The smallest absolute Gasteiger partial charge is 0.193 e. The molecule has 0 atom stereocenters. The molecule has 0 aliphatic heterocycles. The number of pyridine rings is 1. The topological polar surface area (TPSA) is 45.5 Å². The molecule has 0 aliphatic carbocycles. The van der Waals surface area contributed by atoms with E-state index in [9.17, 15) is 0 Å². The second kappa shape index (κ2) is 3.55. The van der Waals surface area contributed by atoms with Crippen molar-refractivity contribution in [3.05, 3.63) is 29.0 Å². The Labute approximate surface area is 73.3 Å². The normalized spacial score (nSPS) is 11.6. The summed E-state index contributed by atoms with van der Waals surface area (Å²) in [4.78, 5) is 3.79. The van der Waals surface area contributed by atoms with Crippen LogP contribution in [0.4, 0.5) is 0 Å². The summed E-state index contributed by atoms with van der Waals surface area (Å²) in [5.74, 6) is 0. The Balaban J connectivity index is 2.99. The second-order valence-electron chi connectivity index (χ2n) is 1.75. The number of hydrogen-bond donors (Lipinski definition) is 1. The minimum Gasteiger partial charge on any atom is -0.410 e. The molecule has 1 rings (SSSR count). The first kappa shape index (κ1) is 8.30. The fraction of sp³-hybridized carbons (Fsp3) is 0. The van der Waals surface area contributed by atoms with Crippen molar-refractivity contribution in [2.45, 2.75) is 0 Å². The van der Waals surface area contributed by atoms with Crippen LogP contribution in [0, 0.1) is 0 Å². The first-order valence-corrected chi connectivity index (χ1v) is 3.49. The number of halogens is 2. The molecule has 0 aromatic carbocycles. The molecule has 5 heteroatoms. The van der Waals surface area contributed by atoms with E-state index in [1.807, 2.05) is 0 Å². The largest absolute Gasteiger partial charge is 0.410 e. The van der Waals surface area contributed by atoms with Gasteiger partial charge in [-0.3, -0.25) is 4.98 Å². The van der Waals surface area contributed by atoms with Crippen LogP contribution in [-0.4, -0.2) is 15.4 Å². The maximum atomic E-state index is 8.24. The van der Waals surface area contributed by atoms with Gasteiger partial charge >= 0.3 is 0 Å². The molecule has 0 spiro atoms. The summed E-state index contributed by atoms with van der Waals surface area (Å²) >= 11 is 11.0. The standard InChI is InChI=1S/C6H4Cl2N2O/c7-4-1-2-5(9-3-4)6(8)10-11/h1-3,11H/b10-6-. The number of oxime groups is 1. The Morgan fingerprint density at radius 1 is 1.55 bits per heavy atom. The highest BCUT2D eigenvalue weighted by molar-refractivity contribution is 6.69. The molecule has 0 saturated carbocycles. The lowest BCUT2D eigenvalue weighted by atomic mass is 10.4. The monoisotopic (exact) mass is 190 g/mol. The Morgan fingerprint density at radius 2 is 2.27 bits per heavy atom. The van der Waals surface area contributed by atoms with Crippen molar-refractivity contribution in [1.29, 1.82) is 0 Å². The van der Waals surface area contributed by atoms with Crippen molar-refractivity contribution in [2.24, 2.45) is 5.16 Å². The lowest BCUT2D eigenvalue weighted by Gasteiger charge is -1.93. The maximum absolute atomic E-state index is 8.24. The fourth-order valence-corrected chi connectivity index (χ4v) is 0.773. The average molecular weight is 191 g/mol. The van der Waals surface area contributed by atoms with Gasteiger partial charge in [0.2, 0.25) is 0 Å². The highest BCUT2D eigenvalue weighted by atomic mass is 35.5. The molecule has 1 aromatic rings. The van der Waals surface area contributed by atoms with Gasteiger partial charge in [-0.1, -0.05) is 28.4 Å². The summed E-state index contributed by atoms with van der Waals surface area (Å²) in [6, 6.07) is 3.17. The lowest BCUT2D eigenvalue weighted by Crippen LogP contribution is -1.93. The van der Waals surface area contributed by atoms with Crippen LogP contribution in [0.3, 0.4) is 0 Å². The fourth-order valence-electron chi connectivity index (χ4n) is 0.549. The molecule has 11 heavy (non-hydrogen) atoms. The van der Waals surface area contributed by atoms with Gasteiger partial charge in [-0.2, -0.15) is 0 Å². The molecule has 0 aliphatic rings. The Bertz CT molecular complexity index is 270. The molecule has 0 fully saturated rings. The zero-order valence-electron chi connectivity index (χ0n) is 5.33. The van der Waals surface area contributed by atoms with Crippen molar-refractivity contribution in [2.75, 3.05) is 0 Å². The molecule has 1 N–H and O–H groups in total. The van der Waals surface area contributed by atoms with E-state index >= 15 is 0 Å². The summed E-state index contributed by atoms with van der Waals surface area (Å²) in [6.45, 7) is 0. The molecule has 0 bridgehead atoms. The van der Waals surface area contributed by atoms with Crippen LogP contribution in [0.1, 0.15) is 5.69 Å². The molecular formula is C6H4Cl2N2O. The molecule has 58 valence electrons. The number of aromatic nitrogens is 1. The van der Waals surface area contributed by atoms with Gasteiger partial charge in [0, 0.05) is 6.20 Å². The van der Waals surface area contributed by atoms with E-state index in [2.05, 4.69) is 10.1 Å². The predicted octanol–water partition coefficient (Wildman–Crippen LogP) is 2.11. The van der Waals surface area contributed by atoms with E-state index < -0.39 is 0 Å². The van der Waals surface area contributed by atoms with E-state index in [1.54, 1.807) is 12.1 Å². The minimum absolute atomic E-state index is 0.0540. The Kier molecular flexibility index (Phi) is 2.68. The average Bonchev–Trinajstić information content (AvgIpc) is 2.05. The number of rotatable bonds is 1. The van der Waals surface area contributed by atoms with Crippen molar-refractivity contribution in [3.63, 3.8) is 0 Å². The molecular weight excluding hydrogens is 187 g/mol. The number of nitrogens with zero attached hydrogens (tertiary/aromatic N) is 2. The van der Waals surface area contributed by atoms with Gasteiger partial charge in [-0.05, 0) is 12.1 Å². The molecule has 0 amide bonds. The van der Waals surface area contributed by atoms with Crippen molar-refractivity contribution in [3.8, 4) is 0 Å². The van der Waals surface area contributed by atoms with Crippen molar-refractivity contribution < 1.29 is 5.21 Å². The molecule has 0 unspecified atom stereocenters. The van der Waals surface area contributed by atoms with Crippen LogP contribution in [-0.2, 0) is 0 Å². The van der Waals surface area contributed by atoms with Gasteiger partial charge in [0.15, 0.2) is 5.17 Å². The van der Waals surface area contributed by atoms with Gasteiger partial charge in [0.05, 0.1) is 5.02 Å². The zero-order valence-corrected chi connectivity index (χ0v) is 6.84. The quantitative estimate of drug-likeness (QED) is 0.419. The number of hydrogen-bond acceptors (Lipinski definition) is 3. The Hall–Kier alpha value is -0.800. The third-order valence-corrected chi connectivity index (χ3v) is 1.52. The zero-order chi connectivity index (χ0) is 8.27. The Morgan fingerprint density at radius 3 is 2.73 bits per heavy atom. The van der Waals surface area contributed by atoms with Crippen molar-refractivity contribution in [1.82, 2.24) is 4.98 Å². The van der Waals surface area contributed by atoms with Gasteiger partial charge in [0.25, 0.3) is 0 Å². The van der Waals surface area contributed by atoms with Crippen molar-refractivity contribution >= 4 is 28.4 Å². The van der Waals surface area contributed by atoms with Crippen LogP contribution in [0.15, 0.2) is 23.5 Å². The highest BCUT2D eigenvalue weighted by Crippen LogP contribution is 2.07. The summed E-state index contributed by atoms with van der Waals surface area (Å²) in [7, 11) is 0. The molecule has 3 nitrogen and oxygen atoms in total. The first-order valence-electron chi connectivity index (χ1n) is 2.73. The van der Waals surface area contributed by atoms with Gasteiger partial charge < -0.3 is 5.21 Å². The third kappa shape index (κ3) is 2.06. The van der Waals surface area contributed by atoms with E-state index in [4.69, 9.17) is 28.4 Å². The second-order valence-corrected chi connectivity index (χ2v) is 2.55. The predicted molar refractivity (Wildman–Crippen MR) is 43.4 cm³/mol. The van der Waals surface area contributed by atoms with Crippen LogP contribution >= 0.6 is 23.2 Å². The first-order chi connectivity index (χ1) is 5.24. The molecule has 0 radical (unpaired) electrons. The van der Waals surface area contributed by atoms with Gasteiger partial charge in [0.1, 0.15) is 5.69 Å². The molecule has 0 saturated heterocycles. The van der Waals surface area contributed by atoms with Crippen LogP contribution < -0.4 is 0 Å². The summed E-state index contributed by atoms with van der Waals surface area (Å²) < 4.78 is 0. The van der Waals surface area contributed by atoms with E-state index in [-0.39, 0.29) is 5.17 Å². The summed E-state index contributed by atoms with van der Waals surface area (Å²) in [5.41, 5.74) is 0.388. The molecule has 1 heterocycles.